The van der Waals surface area contributed by atoms with Gasteiger partial charge in [0.1, 0.15) is 0 Å². The first-order chi connectivity index (χ1) is 14.6. The van der Waals surface area contributed by atoms with E-state index in [1.807, 2.05) is 0 Å². The lowest BCUT2D eigenvalue weighted by molar-refractivity contribution is -0.0767. The Morgan fingerprint density at radius 2 is 0.969 bits per heavy atom. The Morgan fingerprint density at radius 3 is 1.28 bits per heavy atom. The van der Waals surface area contributed by atoms with Gasteiger partial charge in [-0.05, 0) is 94.4 Å². The van der Waals surface area contributed by atoms with E-state index in [2.05, 4.69) is 88.0 Å². The monoisotopic (exact) mass is 459 g/mol. The summed E-state index contributed by atoms with van der Waals surface area (Å²) in [6.45, 7) is 30.9. The van der Waals surface area contributed by atoms with Gasteiger partial charge in [0, 0.05) is 31.8 Å². The van der Waals surface area contributed by atoms with Crippen LogP contribution in [-0.2, 0) is 18.9 Å². The average molecular weight is 460 g/mol. The van der Waals surface area contributed by atoms with E-state index in [9.17, 15) is 0 Å². The minimum Gasteiger partial charge on any atom is -0.379 e. The first-order valence-corrected chi connectivity index (χ1v) is 12.8. The van der Waals surface area contributed by atoms with Crippen LogP contribution in [0.1, 0.15) is 102 Å². The zero-order chi connectivity index (χ0) is 25.0. The molecule has 0 aliphatic heterocycles. The quantitative estimate of drug-likeness (QED) is 0.226. The third-order valence-corrected chi connectivity index (χ3v) is 5.78. The summed E-state index contributed by atoms with van der Waals surface area (Å²) in [5, 5.41) is 0. The Kier molecular flexibility index (Phi) is 14.8. The molecule has 0 aliphatic rings. The van der Waals surface area contributed by atoms with Gasteiger partial charge in [-0.1, -0.05) is 13.8 Å². The first kappa shape index (κ1) is 31.8. The van der Waals surface area contributed by atoms with Crippen LogP contribution in [0.25, 0.3) is 0 Å². The predicted molar refractivity (Wildman–Crippen MR) is 137 cm³/mol. The van der Waals surface area contributed by atoms with Crippen molar-refractivity contribution in [1.82, 2.24) is 4.90 Å². The molecule has 0 bridgehead atoms. The molecule has 194 valence electrons. The number of hydrogen-bond donors (Lipinski definition) is 0. The lowest BCUT2D eigenvalue weighted by atomic mass is 9.91. The largest absolute Gasteiger partial charge is 0.379 e. The minimum absolute atomic E-state index is 0.0939. The second-order valence-electron chi connectivity index (χ2n) is 12.0. The smallest absolute Gasteiger partial charge is 0.0649 e. The highest BCUT2D eigenvalue weighted by Crippen LogP contribution is 2.25. The Balaban J connectivity index is 4.76. The van der Waals surface area contributed by atoms with E-state index in [0.29, 0.717) is 19.1 Å². The van der Waals surface area contributed by atoms with Crippen molar-refractivity contribution in [2.45, 2.75) is 131 Å². The maximum atomic E-state index is 6.29. The third kappa shape index (κ3) is 16.4. The molecule has 0 saturated heterocycles. The van der Waals surface area contributed by atoms with Gasteiger partial charge < -0.3 is 18.9 Å². The Hall–Kier alpha value is -0.200. The van der Waals surface area contributed by atoms with Gasteiger partial charge in [-0.15, -0.1) is 0 Å². The van der Waals surface area contributed by atoms with Gasteiger partial charge in [0.25, 0.3) is 0 Å². The van der Waals surface area contributed by atoms with Crippen LogP contribution >= 0.6 is 0 Å². The number of nitrogens with zero attached hydrogens (tertiary/aromatic N) is 1. The molecule has 0 amide bonds. The lowest BCUT2D eigenvalue weighted by Crippen LogP contribution is -2.49. The number of hydrogen-bond acceptors (Lipinski definition) is 5. The summed E-state index contributed by atoms with van der Waals surface area (Å²) < 4.78 is 24.0. The molecule has 0 rings (SSSR count). The van der Waals surface area contributed by atoms with Crippen LogP contribution in [0.5, 0.6) is 0 Å². The Bertz CT molecular complexity index is 440. The standard InChI is InChI=1S/C27H57NO4/c1-22(2)21-25(7,8)28(15-19-31-26(9,10)13-17-29-23(3)4)16-20-32-27(11,12)14-18-30-24(5)6/h22-24H,13-21H2,1-12H3. The highest BCUT2D eigenvalue weighted by Gasteiger charge is 2.29. The fourth-order valence-electron chi connectivity index (χ4n) is 3.93. The number of ether oxygens (including phenoxy) is 4. The molecule has 0 atom stereocenters. The van der Waals surface area contributed by atoms with Crippen LogP contribution in [0.3, 0.4) is 0 Å². The maximum absolute atomic E-state index is 6.29. The van der Waals surface area contributed by atoms with Crippen LogP contribution in [0.15, 0.2) is 0 Å². The molecule has 0 aromatic rings. The van der Waals surface area contributed by atoms with Crippen molar-refractivity contribution in [1.29, 1.82) is 0 Å². The SMILES string of the molecule is CC(C)CC(C)(C)N(CCOC(C)(C)CCOC(C)C)CCOC(C)(C)CCOC(C)C. The minimum atomic E-state index is -0.183. The van der Waals surface area contributed by atoms with Gasteiger partial charge in [0.15, 0.2) is 0 Å². The summed E-state index contributed by atoms with van der Waals surface area (Å²) in [5.74, 6) is 0.642. The Morgan fingerprint density at radius 1 is 0.594 bits per heavy atom. The highest BCUT2D eigenvalue weighted by molar-refractivity contribution is 4.83. The summed E-state index contributed by atoms with van der Waals surface area (Å²) in [6, 6.07) is 0. The van der Waals surface area contributed by atoms with Gasteiger partial charge in [0.05, 0.1) is 36.6 Å². The molecule has 0 N–H and O–H groups in total. The molecule has 0 aromatic heterocycles. The summed E-state index contributed by atoms with van der Waals surface area (Å²) in [6.07, 6.45) is 3.47. The fraction of sp³-hybridized carbons (Fsp3) is 1.00. The van der Waals surface area contributed by atoms with Crippen LogP contribution in [-0.4, -0.2) is 73.4 Å². The lowest BCUT2D eigenvalue weighted by Gasteiger charge is -2.41. The molecule has 0 radical (unpaired) electrons. The molecule has 0 aromatic carbocycles. The molecule has 0 heterocycles. The van der Waals surface area contributed by atoms with E-state index < -0.39 is 0 Å². The third-order valence-electron chi connectivity index (χ3n) is 5.78. The molecule has 0 saturated carbocycles. The molecular formula is C27H57NO4. The maximum Gasteiger partial charge on any atom is 0.0649 e. The van der Waals surface area contributed by atoms with E-state index in [1.165, 1.54) is 0 Å². The second kappa shape index (κ2) is 14.9. The Labute approximate surface area is 200 Å². The fourth-order valence-corrected chi connectivity index (χ4v) is 3.93. The second-order valence-corrected chi connectivity index (χ2v) is 12.0. The van der Waals surface area contributed by atoms with Crippen molar-refractivity contribution in [2.75, 3.05) is 39.5 Å². The summed E-state index contributed by atoms with van der Waals surface area (Å²) in [7, 11) is 0. The van der Waals surface area contributed by atoms with Gasteiger partial charge in [0.2, 0.25) is 0 Å². The molecule has 5 nitrogen and oxygen atoms in total. The van der Waals surface area contributed by atoms with E-state index in [4.69, 9.17) is 18.9 Å². The molecule has 5 heteroatoms. The zero-order valence-electron chi connectivity index (χ0n) is 23.7. The van der Waals surface area contributed by atoms with Crippen molar-refractivity contribution >= 4 is 0 Å². The molecule has 32 heavy (non-hydrogen) atoms. The average Bonchev–Trinajstić information content (AvgIpc) is 2.57. The van der Waals surface area contributed by atoms with E-state index in [-0.39, 0.29) is 28.9 Å². The van der Waals surface area contributed by atoms with E-state index in [1.54, 1.807) is 0 Å². The molecule has 0 unspecified atom stereocenters. The van der Waals surface area contributed by atoms with Crippen molar-refractivity contribution in [2.24, 2.45) is 5.92 Å². The van der Waals surface area contributed by atoms with Crippen LogP contribution in [0.2, 0.25) is 0 Å². The molecule has 0 fully saturated rings. The van der Waals surface area contributed by atoms with Crippen molar-refractivity contribution in [3.63, 3.8) is 0 Å². The van der Waals surface area contributed by atoms with Gasteiger partial charge >= 0.3 is 0 Å². The summed E-state index contributed by atoms with van der Waals surface area (Å²) in [5.41, 5.74) is -0.272. The van der Waals surface area contributed by atoms with Gasteiger partial charge in [-0.2, -0.15) is 0 Å². The zero-order valence-corrected chi connectivity index (χ0v) is 23.7. The molecule has 0 spiro atoms. The first-order valence-electron chi connectivity index (χ1n) is 12.8. The van der Waals surface area contributed by atoms with E-state index in [0.717, 1.165) is 45.6 Å². The summed E-state index contributed by atoms with van der Waals surface area (Å²) >= 11 is 0. The number of rotatable bonds is 19. The van der Waals surface area contributed by atoms with Crippen molar-refractivity contribution < 1.29 is 18.9 Å². The van der Waals surface area contributed by atoms with Gasteiger partial charge in [-0.3, -0.25) is 4.90 Å². The van der Waals surface area contributed by atoms with Crippen LogP contribution in [0.4, 0.5) is 0 Å². The summed E-state index contributed by atoms with van der Waals surface area (Å²) in [4.78, 5) is 2.54. The molecule has 0 aliphatic carbocycles. The van der Waals surface area contributed by atoms with Crippen molar-refractivity contribution in [3.05, 3.63) is 0 Å². The van der Waals surface area contributed by atoms with E-state index >= 15 is 0 Å². The van der Waals surface area contributed by atoms with Crippen LogP contribution in [0, 0.1) is 5.92 Å². The predicted octanol–water partition coefficient (Wildman–Crippen LogP) is 6.33. The van der Waals surface area contributed by atoms with Crippen LogP contribution < -0.4 is 0 Å². The van der Waals surface area contributed by atoms with Gasteiger partial charge in [-0.25, -0.2) is 0 Å². The topological polar surface area (TPSA) is 40.2 Å². The highest BCUT2D eigenvalue weighted by atomic mass is 16.5. The normalized spacial score (nSPS) is 13.9. The van der Waals surface area contributed by atoms with Crippen molar-refractivity contribution in [3.8, 4) is 0 Å². The molecular weight excluding hydrogens is 402 g/mol.